The first-order chi connectivity index (χ1) is 6.86. The molecular weight excluding hydrogens is 176 g/mol. The SMILES string of the molecule is CCOc1cccc(C=O)c1C1CC1. The summed E-state index contributed by atoms with van der Waals surface area (Å²) in [5, 5.41) is 0. The summed E-state index contributed by atoms with van der Waals surface area (Å²) in [6, 6.07) is 5.69. The Kier molecular flexibility index (Phi) is 2.53. The van der Waals surface area contributed by atoms with Gasteiger partial charge in [0.1, 0.15) is 12.0 Å². The van der Waals surface area contributed by atoms with E-state index in [1.807, 2.05) is 25.1 Å². The molecule has 1 aliphatic rings. The van der Waals surface area contributed by atoms with E-state index in [0.29, 0.717) is 12.5 Å². The van der Waals surface area contributed by atoms with Gasteiger partial charge < -0.3 is 4.74 Å². The third-order valence-corrected chi connectivity index (χ3v) is 2.51. The van der Waals surface area contributed by atoms with E-state index < -0.39 is 0 Å². The van der Waals surface area contributed by atoms with Gasteiger partial charge >= 0.3 is 0 Å². The summed E-state index contributed by atoms with van der Waals surface area (Å²) < 4.78 is 5.52. The van der Waals surface area contributed by atoms with Crippen LogP contribution in [0.2, 0.25) is 0 Å². The molecule has 0 atom stereocenters. The maximum absolute atomic E-state index is 10.9. The van der Waals surface area contributed by atoms with Gasteiger partial charge in [-0.2, -0.15) is 0 Å². The van der Waals surface area contributed by atoms with Crippen LogP contribution in [0.25, 0.3) is 0 Å². The van der Waals surface area contributed by atoms with Crippen LogP contribution >= 0.6 is 0 Å². The van der Waals surface area contributed by atoms with Crippen molar-refractivity contribution in [2.45, 2.75) is 25.7 Å². The monoisotopic (exact) mass is 190 g/mol. The number of aldehydes is 1. The third-order valence-electron chi connectivity index (χ3n) is 2.51. The summed E-state index contributed by atoms with van der Waals surface area (Å²) in [7, 11) is 0. The molecule has 0 amide bonds. The van der Waals surface area contributed by atoms with Gasteiger partial charge in [0.05, 0.1) is 6.61 Å². The molecule has 1 aliphatic carbocycles. The minimum absolute atomic E-state index is 0.554. The van der Waals surface area contributed by atoms with Gasteiger partial charge in [-0.05, 0) is 31.7 Å². The molecule has 1 aromatic carbocycles. The number of carbonyl (C=O) groups is 1. The van der Waals surface area contributed by atoms with E-state index in [1.54, 1.807) is 0 Å². The fourth-order valence-electron chi connectivity index (χ4n) is 1.75. The maximum Gasteiger partial charge on any atom is 0.150 e. The van der Waals surface area contributed by atoms with E-state index in [2.05, 4.69) is 0 Å². The number of hydrogen-bond acceptors (Lipinski definition) is 2. The standard InChI is InChI=1S/C12H14O2/c1-2-14-11-5-3-4-10(8-13)12(11)9-6-7-9/h3-5,8-9H,2,6-7H2,1H3. The summed E-state index contributed by atoms with van der Waals surface area (Å²) in [5.41, 5.74) is 1.91. The summed E-state index contributed by atoms with van der Waals surface area (Å²) in [5.74, 6) is 1.44. The van der Waals surface area contributed by atoms with Crippen molar-refractivity contribution < 1.29 is 9.53 Å². The van der Waals surface area contributed by atoms with Gasteiger partial charge in [-0.1, -0.05) is 12.1 Å². The minimum atomic E-state index is 0.554. The van der Waals surface area contributed by atoms with Crippen LogP contribution in [0.5, 0.6) is 5.75 Å². The molecule has 0 saturated heterocycles. The Hall–Kier alpha value is -1.31. The topological polar surface area (TPSA) is 26.3 Å². The molecule has 74 valence electrons. The second-order valence-corrected chi connectivity index (χ2v) is 3.58. The zero-order valence-electron chi connectivity index (χ0n) is 8.32. The summed E-state index contributed by atoms with van der Waals surface area (Å²) >= 11 is 0. The smallest absolute Gasteiger partial charge is 0.150 e. The van der Waals surface area contributed by atoms with Crippen molar-refractivity contribution in [1.29, 1.82) is 0 Å². The van der Waals surface area contributed by atoms with E-state index in [-0.39, 0.29) is 0 Å². The molecular formula is C12H14O2. The molecule has 0 unspecified atom stereocenters. The first-order valence-corrected chi connectivity index (χ1v) is 5.07. The van der Waals surface area contributed by atoms with Gasteiger partial charge in [-0.3, -0.25) is 4.79 Å². The van der Waals surface area contributed by atoms with Crippen LogP contribution in [-0.4, -0.2) is 12.9 Å². The highest BCUT2D eigenvalue weighted by Gasteiger charge is 2.29. The fraction of sp³-hybridized carbons (Fsp3) is 0.417. The summed E-state index contributed by atoms with van der Waals surface area (Å²) in [6.45, 7) is 2.62. The zero-order valence-corrected chi connectivity index (χ0v) is 8.32. The highest BCUT2D eigenvalue weighted by molar-refractivity contribution is 5.79. The van der Waals surface area contributed by atoms with Crippen molar-refractivity contribution in [2.24, 2.45) is 0 Å². The van der Waals surface area contributed by atoms with Crippen LogP contribution in [0.15, 0.2) is 18.2 Å². The van der Waals surface area contributed by atoms with Gasteiger partial charge in [-0.25, -0.2) is 0 Å². The van der Waals surface area contributed by atoms with E-state index in [0.717, 1.165) is 23.2 Å². The second-order valence-electron chi connectivity index (χ2n) is 3.58. The molecule has 1 saturated carbocycles. The average Bonchev–Trinajstić information content (AvgIpc) is 3.01. The number of benzene rings is 1. The lowest BCUT2D eigenvalue weighted by molar-refractivity contribution is 0.112. The van der Waals surface area contributed by atoms with Crippen LogP contribution in [0.4, 0.5) is 0 Å². The molecule has 2 nitrogen and oxygen atoms in total. The highest BCUT2D eigenvalue weighted by atomic mass is 16.5. The van der Waals surface area contributed by atoms with Crippen LogP contribution in [0.1, 0.15) is 41.6 Å². The average molecular weight is 190 g/mol. The molecule has 14 heavy (non-hydrogen) atoms. The number of ether oxygens (including phenoxy) is 1. The van der Waals surface area contributed by atoms with Crippen LogP contribution in [0.3, 0.4) is 0 Å². The van der Waals surface area contributed by atoms with E-state index in [9.17, 15) is 4.79 Å². The van der Waals surface area contributed by atoms with Crippen LogP contribution in [-0.2, 0) is 0 Å². The van der Waals surface area contributed by atoms with Gasteiger partial charge in [-0.15, -0.1) is 0 Å². The zero-order chi connectivity index (χ0) is 9.97. The van der Waals surface area contributed by atoms with Gasteiger partial charge in [0.15, 0.2) is 0 Å². The normalized spacial score (nSPS) is 15.2. The highest BCUT2D eigenvalue weighted by Crippen LogP contribution is 2.45. The Bertz CT molecular complexity index is 340. The second kappa shape index (κ2) is 3.82. The van der Waals surface area contributed by atoms with Gasteiger partial charge in [0.2, 0.25) is 0 Å². The lowest BCUT2D eigenvalue weighted by Gasteiger charge is -2.10. The Balaban J connectivity index is 2.41. The van der Waals surface area contributed by atoms with E-state index in [1.165, 1.54) is 12.8 Å². The summed E-state index contributed by atoms with van der Waals surface area (Å²) in [4.78, 5) is 10.9. The lowest BCUT2D eigenvalue weighted by atomic mass is 10.0. The lowest BCUT2D eigenvalue weighted by Crippen LogP contribution is -1.99. The van der Waals surface area contributed by atoms with Crippen molar-refractivity contribution >= 4 is 6.29 Å². The van der Waals surface area contributed by atoms with Gasteiger partial charge in [0, 0.05) is 11.1 Å². The predicted molar refractivity (Wildman–Crippen MR) is 55.0 cm³/mol. The Morgan fingerprint density at radius 2 is 2.29 bits per heavy atom. The molecule has 2 heteroatoms. The van der Waals surface area contributed by atoms with Crippen molar-refractivity contribution in [3.8, 4) is 5.75 Å². The molecule has 0 aliphatic heterocycles. The van der Waals surface area contributed by atoms with Crippen molar-refractivity contribution in [1.82, 2.24) is 0 Å². The predicted octanol–water partition coefficient (Wildman–Crippen LogP) is 2.78. The number of hydrogen-bond donors (Lipinski definition) is 0. The van der Waals surface area contributed by atoms with Crippen molar-refractivity contribution in [3.63, 3.8) is 0 Å². The molecule has 1 aromatic rings. The largest absolute Gasteiger partial charge is 0.494 e. The molecule has 0 bridgehead atoms. The van der Waals surface area contributed by atoms with E-state index in [4.69, 9.17) is 4.74 Å². The maximum atomic E-state index is 10.9. The number of rotatable bonds is 4. The number of carbonyl (C=O) groups excluding carboxylic acids is 1. The molecule has 0 aromatic heterocycles. The molecule has 0 spiro atoms. The Morgan fingerprint density at radius 3 is 2.86 bits per heavy atom. The van der Waals surface area contributed by atoms with Crippen molar-refractivity contribution in [2.75, 3.05) is 6.61 Å². The Labute approximate surface area is 83.9 Å². The molecule has 0 N–H and O–H groups in total. The van der Waals surface area contributed by atoms with E-state index >= 15 is 0 Å². The Morgan fingerprint density at radius 1 is 1.50 bits per heavy atom. The summed E-state index contributed by atoms with van der Waals surface area (Å²) in [6.07, 6.45) is 3.30. The molecule has 0 heterocycles. The van der Waals surface area contributed by atoms with Crippen molar-refractivity contribution in [3.05, 3.63) is 29.3 Å². The molecule has 2 rings (SSSR count). The van der Waals surface area contributed by atoms with Crippen LogP contribution in [0, 0.1) is 0 Å². The quantitative estimate of drug-likeness (QED) is 0.682. The van der Waals surface area contributed by atoms with Gasteiger partial charge in [0.25, 0.3) is 0 Å². The molecule has 0 radical (unpaired) electrons. The minimum Gasteiger partial charge on any atom is -0.494 e. The first-order valence-electron chi connectivity index (χ1n) is 5.07. The molecule has 1 fully saturated rings. The van der Waals surface area contributed by atoms with Crippen LogP contribution < -0.4 is 4.74 Å². The first kappa shape index (κ1) is 9.25. The fourth-order valence-corrected chi connectivity index (χ4v) is 1.75. The third kappa shape index (κ3) is 1.65.